The van der Waals surface area contributed by atoms with E-state index < -0.39 is 0 Å². The molecule has 120 valence electrons. The van der Waals surface area contributed by atoms with Gasteiger partial charge in [-0.15, -0.1) is 0 Å². The Morgan fingerprint density at radius 3 is 2.55 bits per heavy atom. The Morgan fingerprint density at radius 2 is 1.95 bits per heavy atom. The number of rotatable bonds is 11. The first-order valence-electron chi connectivity index (χ1n) is 8.36. The van der Waals surface area contributed by atoms with Crippen LogP contribution in [0.1, 0.15) is 46.0 Å². The van der Waals surface area contributed by atoms with Crippen LogP contribution in [-0.2, 0) is 0 Å². The van der Waals surface area contributed by atoms with E-state index in [0.717, 1.165) is 38.9 Å². The molecule has 1 heterocycles. The van der Waals surface area contributed by atoms with Crippen LogP contribution in [0.15, 0.2) is 0 Å². The summed E-state index contributed by atoms with van der Waals surface area (Å²) < 4.78 is 0. The van der Waals surface area contributed by atoms with Crippen molar-refractivity contribution in [2.45, 2.75) is 51.5 Å². The molecule has 4 heteroatoms. The summed E-state index contributed by atoms with van der Waals surface area (Å²) in [5.41, 5.74) is -0.105. The minimum absolute atomic E-state index is 0.105. The van der Waals surface area contributed by atoms with E-state index in [9.17, 15) is 5.11 Å². The van der Waals surface area contributed by atoms with Gasteiger partial charge in [-0.3, -0.25) is 0 Å². The third-order valence-electron chi connectivity index (χ3n) is 4.42. The number of hydrogen-bond acceptors (Lipinski definition) is 4. The van der Waals surface area contributed by atoms with Gasteiger partial charge in [0.2, 0.25) is 0 Å². The van der Waals surface area contributed by atoms with E-state index in [0.29, 0.717) is 0 Å². The van der Waals surface area contributed by atoms with Crippen LogP contribution in [0.3, 0.4) is 0 Å². The van der Waals surface area contributed by atoms with Gasteiger partial charge in [0.1, 0.15) is 0 Å². The number of nitrogens with one attached hydrogen (secondary N) is 1. The van der Waals surface area contributed by atoms with Crippen molar-refractivity contribution in [3.63, 3.8) is 0 Å². The first-order valence-corrected chi connectivity index (χ1v) is 8.36. The predicted octanol–water partition coefficient (Wildman–Crippen LogP) is 1.54. The highest BCUT2D eigenvalue weighted by Crippen LogP contribution is 2.12. The van der Waals surface area contributed by atoms with Crippen molar-refractivity contribution in [3.05, 3.63) is 0 Å². The van der Waals surface area contributed by atoms with E-state index in [1.807, 2.05) is 0 Å². The molecule has 0 aliphatic carbocycles. The number of aliphatic hydroxyl groups excluding tert-OH is 1. The van der Waals surface area contributed by atoms with Gasteiger partial charge in [0.15, 0.2) is 0 Å². The van der Waals surface area contributed by atoms with Crippen LogP contribution in [0.4, 0.5) is 0 Å². The number of hydrogen-bond donors (Lipinski definition) is 2. The van der Waals surface area contributed by atoms with Crippen molar-refractivity contribution in [3.8, 4) is 0 Å². The van der Waals surface area contributed by atoms with Gasteiger partial charge in [0.05, 0.1) is 6.61 Å². The maximum absolute atomic E-state index is 9.54. The van der Waals surface area contributed by atoms with Crippen LogP contribution in [-0.4, -0.2) is 73.4 Å². The average molecular weight is 285 g/mol. The van der Waals surface area contributed by atoms with Crippen LogP contribution in [0.2, 0.25) is 0 Å². The molecule has 1 atom stereocenters. The Morgan fingerprint density at radius 1 is 1.25 bits per heavy atom. The molecule has 0 radical (unpaired) electrons. The fraction of sp³-hybridized carbons (Fsp3) is 1.00. The van der Waals surface area contributed by atoms with Crippen molar-refractivity contribution >= 4 is 0 Å². The third kappa shape index (κ3) is 7.02. The summed E-state index contributed by atoms with van der Waals surface area (Å²) >= 11 is 0. The van der Waals surface area contributed by atoms with Crippen molar-refractivity contribution in [2.24, 2.45) is 0 Å². The molecule has 1 saturated heterocycles. The van der Waals surface area contributed by atoms with Gasteiger partial charge in [-0.05, 0) is 72.3 Å². The normalized spacial score (nSPS) is 19.6. The number of likely N-dealkylation sites (N-methyl/N-ethyl adjacent to an activating group) is 1. The van der Waals surface area contributed by atoms with Crippen LogP contribution >= 0.6 is 0 Å². The SMILES string of the molecule is CCCNC(C)(CO)CCCN(C)CCN1CCCC1. The van der Waals surface area contributed by atoms with Gasteiger partial charge in [0.25, 0.3) is 0 Å². The van der Waals surface area contributed by atoms with Crippen LogP contribution in [0.25, 0.3) is 0 Å². The molecular formula is C16H35N3O. The van der Waals surface area contributed by atoms with Crippen molar-refractivity contribution < 1.29 is 5.11 Å². The summed E-state index contributed by atoms with van der Waals surface area (Å²) in [7, 11) is 2.21. The molecule has 0 amide bonds. The molecule has 1 unspecified atom stereocenters. The lowest BCUT2D eigenvalue weighted by molar-refractivity contribution is 0.157. The Hall–Kier alpha value is -0.160. The number of nitrogens with zero attached hydrogens (tertiary/aromatic N) is 2. The topological polar surface area (TPSA) is 38.7 Å². The van der Waals surface area contributed by atoms with Gasteiger partial charge < -0.3 is 20.2 Å². The van der Waals surface area contributed by atoms with Crippen LogP contribution in [0, 0.1) is 0 Å². The second-order valence-corrected chi connectivity index (χ2v) is 6.60. The third-order valence-corrected chi connectivity index (χ3v) is 4.42. The first-order chi connectivity index (χ1) is 9.59. The Kier molecular flexibility index (Phi) is 8.69. The van der Waals surface area contributed by atoms with Gasteiger partial charge in [-0.2, -0.15) is 0 Å². The number of likely N-dealkylation sites (tertiary alicyclic amines) is 1. The molecular weight excluding hydrogens is 250 g/mol. The molecule has 0 spiro atoms. The molecule has 0 saturated carbocycles. The van der Waals surface area contributed by atoms with Gasteiger partial charge in [-0.1, -0.05) is 6.92 Å². The summed E-state index contributed by atoms with van der Waals surface area (Å²) in [6.45, 7) is 11.6. The average Bonchev–Trinajstić information content (AvgIpc) is 2.96. The highest BCUT2D eigenvalue weighted by atomic mass is 16.3. The smallest absolute Gasteiger partial charge is 0.0610 e. The first kappa shape index (κ1) is 17.9. The lowest BCUT2D eigenvalue weighted by Crippen LogP contribution is -2.46. The van der Waals surface area contributed by atoms with E-state index >= 15 is 0 Å². The fourth-order valence-corrected chi connectivity index (χ4v) is 2.82. The van der Waals surface area contributed by atoms with Crippen LogP contribution < -0.4 is 5.32 Å². The number of aliphatic hydroxyl groups is 1. The van der Waals surface area contributed by atoms with Gasteiger partial charge in [0, 0.05) is 18.6 Å². The maximum atomic E-state index is 9.54. The summed E-state index contributed by atoms with van der Waals surface area (Å²) in [6, 6.07) is 0. The largest absolute Gasteiger partial charge is 0.394 e. The molecule has 1 fully saturated rings. The van der Waals surface area contributed by atoms with E-state index in [-0.39, 0.29) is 12.1 Å². The quantitative estimate of drug-likeness (QED) is 0.604. The highest BCUT2D eigenvalue weighted by molar-refractivity contribution is 4.82. The van der Waals surface area contributed by atoms with E-state index in [1.165, 1.54) is 32.5 Å². The second-order valence-electron chi connectivity index (χ2n) is 6.60. The summed E-state index contributed by atoms with van der Waals surface area (Å²) in [4.78, 5) is 4.99. The molecule has 0 aromatic carbocycles. The Labute approximate surface area is 125 Å². The van der Waals surface area contributed by atoms with E-state index in [4.69, 9.17) is 0 Å². The minimum Gasteiger partial charge on any atom is -0.394 e. The molecule has 4 nitrogen and oxygen atoms in total. The van der Waals surface area contributed by atoms with Gasteiger partial charge >= 0.3 is 0 Å². The Balaban J connectivity index is 2.11. The molecule has 0 aromatic rings. The van der Waals surface area contributed by atoms with Crippen molar-refractivity contribution in [1.29, 1.82) is 0 Å². The minimum atomic E-state index is -0.105. The molecule has 20 heavy (non-hydrogen) atoms. The van der Waals surface area contributed by atoms with Crippen LogP contribution in [0.5, 0.6) is 0 Å². The zero-order valence-electron chi connectivity index (χ0n) is 13.8. The fourth-order valence-electron chi connectivity index (χ4n) is 2.82. The predicted molar refractivity (Wildman–Crippen MR) is 86.2 cm³/mol. The molecule has 0 bridgehead atoms. The summed E-state index contributed by atoms with van der Waals surface area (Å²) in [5.74, 6) is 0. The lowest BCUT2D eigenvalue weighted by Gasteiger charge is -2.30. The molecule has 2 N–H and O–H groups in total. The molecule has 1 rings (SSSR count). The second kappa shape index (κ2) is 9.72. The standard InChI is InChI=1S/C16H35N3O/c1-4-9-17-16(2,15-20)8-7-10-18(3)13-14-19-11-5-6-12-19/h17,20H,4-15H2,1-3H3. The zero-order chi connectivity index (χ0) is 14.8. The molecule has 0 aromatic heterocycles. The zero-order valence-corrected chi connectivity index (χ0v) is 13.8. The highest BCUT2D eigenvalue weighted by Gasteiger charge is 2.21. The van der Waals surface area contributed by atoms with E-state index in [1.54, 1.807) is 0 Å². The Bertz CT molecular complexity index is 244. The van der Waals surface area contributed by atoms with Crippen molar-refractivity contribution in [2.75, 3.05) is 52.9 Å². The summed E-state index contributed by atoms with van der Waals surface area (Å²) in [5, 5.41) is 13.0. The van der Waals surface area contributed by atoms with E-state index in [2.05, 4.69) is 36.0 Å². The summed E-state index contributed by atoms with van der Waals surface area (Å²) in [6.07, 6.45) is 6.05. The monoisotopic (exact) mass is 285 g/mol. The lowest BCUT2D eigenvalue weighted by atomic mass is 9.96. The maximum Gasteiger partial charge on any atom is 0.0610 e. The molecule has 1 aliphatic rings. The van der Waals surface area contributed by atoms with Gasteiger partial charge in [-0.25, -0.2) is 0 Å². The van der Waals surface area contributed by atoms with Crippen molar-refractivity contribution in [1.82, 2.24) is 15.1 Å². The molecule has 1 aliphatic heterocycles.